The van der Waals surface area contributed by atoms with E-state index in [1.54, 1.807) is 13.1 Å². The van der Waals surface area contributed by atoms with Gasteiger partial charge in [-0.3, -0.25) is 19.6 Å². The molecule has 9 heteroatoms. The maximum absolute atomic E-state index is 12.1. The van der Waals surface area contributed by atoms with E-state index in [1.165, 1.54) is 10.9 Å². The summed E-state index contributed by atoms with van der Waals surface area (Å²) in [6.45, 7) is 1.95. The number of amides is 1. The van der Waals surface area contributed by atoms with Gasteiger partial charge in [-0.05, 0) is 6.07 Å². The van der Waals surface area contributed by atoms with Crippen molar-refractivity contribution in [1.29, 1.82) is 0 Å². The Labute approximate surface area is 130 Å². The van der Waals surface area contributed by atoms with Crippen LogP contribution in [0.4, 0.5) is 11.4 Å². The number of aromatic hydroxyl groups is 1. The smallest absolute Gasteiger partial charge is 0.271 e. The first-order chi connectivity index (χ1) is 10.4. The molecule has 22 heavy (non-hydrogen) atoms. The Morgan fingerprint density at radius 2 is 2.32 bits per heavy atom. The molecule has 1 unspecified atom stereocenters. The molecule has 1 amide bonds. The molecule has 0 aliphatic carbocycles. The third kappa shape index (κ3) is 3.73. The van der Waals surface area contributed by atoms with Crippen LogP contribution in [0.5, 0.6) is 5.75 Å². The number of phenols is 1. The summed E-state index contributed by atoms with van der Waals surface area (Å²) in [4.78, 5) is 22.2. The molecule has 8 nitrogen and oxygen atoms in total. The molecule has 1 aromatic carbocycles. The molecule has 0 saturated heterocycles. The van der Waals surface area contributed by atoms with Crippen LogP contribution in [0.25, 0.3) is 0 Å². The van der Waals surface area contributed by atoms with E-state index in [2.05, 4.69) is 10.4 Å². The average molecular weight is 325 g/mol. The number of nitro benzene ring substituents is 1. The number of carbonyl (C=O) groups is 1. The Kier molecular flexibility index (Phi) is 4.62. The number of carbonyl (C=O) groups excluding carboxylic acids is 1. The van der Waals surface area contributed by atoms with E-state index in [9.17, 15) is 20.0 Å². The molecule has 0 aliphatic rings. The lowest BCUT2D eigenvalue weighted by molar-refractivity contribution is -0.384. The van der Waals surface area contributed by atoms with Gasteiger partial charge in [-0.1, -0.05) is 18.5 Å². The van der Waals surface area contributed by atoms with Crippen molar-refractivity contribution in [2.45, 2.75) is 13.5 Å². The lowest BCUT2D eigenvalue weighted by Crippen LogP contribution is -2.24. The van der Waals surface area contributed by atoms with Crippen LogP contribution >= 0.6 is 11.6 Å². The zero-order valence-corrected chi connectivity index (χ0v) is 12.3. The summed E-state index contributed by atoms with van der Waals surface area (Å²) in [5.74, 6) is -1.12. The maximum atomic E-state index is 12.1. The van der Waals surface area contributed by atoms with Crippen LogP contribution in [-0.4, -0.2) is 25.7 Å². The van der Waals surface area contributed by atoms with Gasteiger partial charge in [-0.2, -0.15) is 5.10 Å². The number of nitro groups is 1. The van der Waals surface area contributed by atoms with Crippen molar-refractivity contribution < 1.29 is 14.8 Å². The largest absolute Gasteiger partial charge is 0.506 e. The Morgan fingerprint density at radius 3 is 2.91 bits per heavy atom. The number of benzene rings is 1. The summed E-state index contributed by atoms with van der Waals surface area (Å²) < 4.78 is 1.51. The monoisotopic (exact) mass is 324 g/mol. The number of hydrogen-bond acceptors (Lipinski definition) is 5. The summed E-state index contributed by atoms with van der Waals surface area (Å²) >= 11 is 5.74. The second-order valence-corrected chi connectivity index (χ2v) is 5.17. The van der Waals surface area contributed by atoms with Crippen molar-refractivity contribution in [2.24, 2.45) is 5.92 Å². The predicted molar refractivity (Wildman–Crippen MR) is 79.8 cm³/mol. The molecule has 0 bridgehead atoms. The van der Waals surface area contributed by atoms with Crippen molar-refractivity contribution in [3.05, 3.63) is 45.7 Å². The number of halogens is 1. The Morgan fingerprint density at radius 1 is 1.59 bits per heavy atom. The molecule has 1 aromatic heterocycles. The van der Waals surface area contributed by atoms with E-state index < -0.39 is 16.7 Å². The molecule has 0 saturated carbocycles. The molecule has 0 aliphatic heterocycles. The van der Waals surface area contributed by atoms with E-state index in [1.807, 2.05) is 0 Å². The van der Waals surface area contributed by atoms with E-state index in [0.717, 1.165) is 18.2 Å². The highest BCUT2D eigenvalue weighted by molar-refractivity contribution is 6.30. The van der Waals surface area contributed by atoms with E-state index in [4.69, 9.17) is 11.6 Å². The fourth-order valence-corrected chi connectivity index (χ4v) is 1.95. The fraction of sp³-hybridized carbons (Fsp3) is 0.231. The minimum absolute atomic E-state index is 0.00968. The van der Waals surface area contributed by atoms with Gasteiger partial charge >= 0.3 is 0 Å². The van der Waals surface area contributed by atoms with Crippen molar-refractivity contribution in [1.82, 2.24) is 9.78 Å². The number of anilines is 1. The van der Waals surface area contributed by atoms with Crippen molar-refractivity contribution >= 4 is 28.9 Å². The summed E-state index contributed by atoms with van der Waals surface area (Å²) in [6.07, 6.45) is 3.04. The first-order valence-electron chi connectivity index (χ1n) is 6.33. The van der Waals surface area contributed by atoms with Crippen LogP contribution in [-0.2, 0) is 11.3 Å². The Hall–Kier alpha value is -2.61. The minimum atomic E-state index is -0.607. The first kappa shape index (κ1) is 15.8. The van der Waals surface area contributed by atoms with Gasteiger partial charge in [0, 0.05) is 18.3 Å². The maximum Gasteiger partial charge on any atom is 0.271 e. The standard InChI is InChI=1S/C13H13ClN4O4/c1-8(6-17-7-9(14)5-15-17)13(20)16-11-4-10(18(21)22)2-3-12(11)19/h2-5,7-8,19H,6H2,1H3,(H,16,20). The van der Waals surface area contributed by atoms with Crippen LogP contribution in [0.3, 0.4) is 0 Å². The minimum Gasteiger partial charge on any atom is -0.506 e. The normalized spacial score (nSPS) is 11.9. The topological polar surface area (TPSA) is 110 Å². The van der Waals surface area contributed by atoms with Gasteiger partial charge in [-0.15, -0.1) is 0 Å². The average Bonchev–Trinajstić information content (AvgIpc) is 2.86. The van der Waals surface area contributed by atoms with Gasteiger partial charge in [0.05, 0.1) is 34.3 Å². The number of hydrogen-bond donors (Lipinski definition) is 2. The van der Waals surface area contributed by atoms with Crippen LogP contribution in [0, 0.1) is 16.0 Å². The number of phenolic OH excluding ortho intramolecular Hbond substituents is 1. The zero-order valence-electron chi connectivity index (χ0n) is 11.6. The quantitative estimate of drug-likeness (QED) is 0.498. The molecular formula is C13H13ClN4O4. The molecule has 1 atom stereocenters. The number of aromatic nitrogens is 2. The third-order valence-electron chi connectivity index (χ3n) is 2.96. The highest BCUT2D eigenvalue weighted by Gasteiger charge is 2.18. The van der Waals surface area contributed by atoms with Gasteiger partial charge in [0.1, 0.15) is 5.75 Å². The molecule has 2 rings (SSSR count). The van der Waals surface area contributed by atoms with Gasteiger partial charge in [0.2, 0.25) is 5.91 Å². The van der Waals surface area contributed by atoms with Crippen LogP contribution in [0.1, 0.15) is 6.92 Å². The third-order valence-corrected chi connectivity index (χ3v) is 3.15. The summed E-state index contributed by atoms with van der Waals surface area (Å²) in [7, 11) is 0. The summed E-state index contributed by atoms with van der Waals surface area (Å²) in [6, 6.07) is 3.41. The first-order valence-corrected chi connectivity index (χ1v) is 6.71. The fourth-order valence-electron chi connectivity index (χ4n) is 1.80. The van der Waals surface area contributed by atoms with Gasteiger partial charge in [-0.25, -0.2) is 0 Å². The number of nitrogens with zero attached hydrogens (tertiary/aromatic N) is 3. The summed E-state index contributed by atoms with van der Waals surface area (Å²) in [5, 5.41) is 27.3. The van der Waals surface area contributed by atoms with Crippen LogP contribution in [0.2, 0.25) is 5.02 Å². The van der Waals surface area contributed by atoms with Crippen LogP contribution in [0.15, 0.2) is 30.6 Å². The highest BCUT2D eigenvalue weighted by Crippen LogP contribution is 2.28. The Bertz CT molecular complexity index is 716. The lowest BCUT2D eigenvalue weighted by Gasteiger charge is -2.13. The van der Waals surface area contributed by atoms with E-state index in [0.29, 0.717) is 5.02 Å². The number of rotatable bonds is 5. The van der Waals surface area contributed by atoms with Gasteiger partial charge < -0.3 is 10.4 Å². The number of nitrogens with one attached hydrogen (secondary N) is 1. The zero-order chi connectivity index (χ0) is 16.3. The van der Waals surface area contributed by atoms with Gasteiger partial charge in [0.15, 0.2) is 0 Å². The molecular weight excluding hydrogens is 312 g/mol. The van der Waals surface area contributed by atoms with E-state index in [-0.39, 0.29) is 23.7 Å². The molecule has 116 valence electrons. The van der Waals surface area contributed by atoms with Crippen molar-refractivity contribution in [3.8, 4) is 5.75 Å². The van der Waals surface area contributed by atoms with E-state index >= 15 is 0 Å². The molecule has 2 aromatic rings. The highest BCUT2D eigenvalue weighted by atomic mass is 35.5. The second kappa shape index (κ2) is 6.44. The SMILES string of the molecule is CC(Cn1cc(Cl)cn1)C(=O)Nc1cc([N+](=O)[O-])ccc1O. The summed E-state index contributed by atoms with van der Waals surface area (Å²) in [5.41, 5.74) is -0.232. The molecule has 2 N–H and O–H groups in total. The predicted octanol–water partition coefficient (Wildman–Crippen LogP) is 2.43. The van der Waals surface area contributed by atoms with Crippen LogP contribution < -0.4 is 5.32 Å². The van der Waals surface area contributed by atoms with Crippen molar-refractivity contribution in [3.63, 3.8) is 0 Å². The Balaban J connectivity index is 2.07. The molecule has 1 heterocycles. The van der Waals surface area contributed by atoms with Crippen molar-refractivity contribution in [2.75, 3.05) is 5.32 Å². The molecule has 0 fully saturated rings. The molecule has 0 radical (unpaired) electrons. The van der Waals surface area contributed by atoms with Gasteiger partial charge in [0.25, 0.3) is 5.69 Å². The number of non-ortho nitro benzene ring substituents is 1. The lowest BCUT2D eigenvalue weighted by atomic mass is 10.1. The molecule has 0 spiro atoms. The second-order valence-electron chi connectivity index (χ2n) is 4.73.